The first kappa shape index (κ1) is 29.9. The van der Waals surface area contributed by atoms with Crippen LogP contribution in [-0.4, -0.2) is 78.8 Å². The van der Waals surface area contributed by atoms with E-state index >= 15 is 0 Å². The lowest BCUT2D eigenvalue weighted by Gasteiger charge is -2.39. The Hall–Kier alpha value is -4.08. The third-order valence-electron chi connectivity index (χ3n) is 7.55. The molecule has 10 nitrogen and oxygen atoms in total. The fraction of sp³-hybridized carbons (Fsp3) is 0.484. The van der Waals surface area contributed by atoms with Crippen molar-refractivity contribution in [3.63, 3.8) is 0 Å². The molecule has 2 aliphatic rings. The van der Waals surface area contributed by atoms with Crippen molar-refractivity contribution in [3.8, 4) is 0 Å². The van der Waals surface area contributed by atoms with E-state index in [1.165, 1.54) is 18.9 Å². The van der Waals surface area contributed by atoms with Crippen LogP contribution in [0.3, 0.4) is 0 Å². The Kier molecular flexibility index (Phi) is 10.2. The van der Waals surface area contributed by atoms with Crippen molar-refractivity contribution < 1.29 is 18.8 Å². The van der Waals surface area contributed by atoms with Crippen molar-refractivity contribution in [2.75, 3.05) is 56.5 Å². The first-order valence-electron chi connectivity index (χ1n) is 14.5. The zero-order valence-electron chi connectivity index (χ0n) is 24.6. The predicted molar refractivity (Wildman–Crippen MR) is 160 cm³/mol. The average Bonchev–Trinajstić information content (AvgIpc) is 3.71. The highest BCUT2D eigenvalue weighted by Gasteiger charge is 2.30. The molecule has 0 spiro atoms. The van der Waals surface area contributed by atoms with Gasteiger partial charge in [0.1, 0.15) is 6.26 Å². The third kappa shape index (κ3) is 7.99. The highest BCUT2D eigenvalue weighted by Crippen LogP contribution is 2.39. The molecule has 3 amide bonds. The number of hydrogen-bond donors (Lipinski definition) is 2. The summed E-state index contributed by atoms with van der Waals surface area (Å²) in [5, 5.41) is 5.92. The Balaban J connectivity index is 1.48. The molecular formula is C31H42N6O4. The highest BCUT2D eigenvalue weighted by atomic mass is 16.3. The monoisotopic (exact) mass is 562 g/mol. The van der Waals surface area contributed by atoms with Crippen LogP contribution >= 0.6 is 0 Å². The fourth-order valence-electron chi connectivity index (χ4n) is 4.82. The van der Waals surface area contributed by atoms with E-state index in [2.05, 4.69) is 44.5 Å². The van der Waals surface area contributed by atoms with Crippen molar-refractivity contribution in [2.45, 2.75) is 52.4 Å². The SMILES string of the molecule is C/C=C\C=C(/CC)N1CCN(c2ccc(C(=O)NCCCN(C)C(C)=O)cc2NC(=O)c2coc(C3CC3)n2)CC1. The maximum Gasteiger partial charge on any atom is 0.277 e. The van der Waals surface area contributed by atoms with E-state index in [-0.39, 0.29) is 23.4 Å². The molecule has 0 atom stereocenters. The molecular weight excluding hydrogens is 520 g/mol. The molecule has 1 aromatic carbocycles. The summed E-state index contributed by atoms with van der Waals surface area (Å²) >= 11 is 0. The number of amides is 3. The van der Waals surface area contributed by atoms with Gasteiger partial charge in [0.2, 0.25) is 5.91 Å². The lowest BCUT2D eigenvalue weighted by molar-refractivity contribution is -0.127. The second-order valence-corrected chi connectivity index (χ2v) is 10.6. The predicted octanol–water partition coefficient (Wildman–Crippen LogP) is 4.39. The molecule has 2 aromatic rings. The van der Waals surface area contributed by atoms with Crippen LogP contribution < -0.4 is 15.5 Å². The number of anilines is 2. The number of allylic oxidation sites excluding steroid dienone is 4. The van der Waals surface area contributed by atoms with E-state index < -0.39 is 0 Å². The minimum absolute atomic E-state index is 0.00997. The number of carbonyl (C=O) groups is 3. The van der Waals surface area contributed by atoms with Crippen molar-refractivity contribution in [1.29, 1.82) is 0 Å². The minimum Gasteiger partial charge on any atom is -0.448 e. The summed E-state index contributed by atoms with van der Waals surface area (Å²) in [6, 6.07) is 5.42. The Morgan fingerprint density at radius 1 is 1.15 bits per heavy atom. The molecule has 2 fully saturated rings. The minimum atomic E-state index is -0.368. The Morgan fingerprint density at radius 3 is 2.56 bits per heavy atom. The van der Waals surface area contributed by atoms with Crippen LogP contribution in [0, 0.1) is 0 Å². The first-order valence-corrected chi connectivity index (χ1v) is 14.5. The molecule has 10 heteroatoms. The van der Waals surface area contributed by atoms with Crippen LogP contribution in [-0.2, 0) is 4.79 Å². The van der Waals surface area contributed by atoms with Gasteiger partial charge in [0, 0.05) is 70.4 Å². The fourth-order valence-corrected chi connectivity index (χ4v) is 4.82. The van der Waals surface area contributed by atoms with E-state index in [0.29, 0.717) is 42.6 Å². The topological polar surface area (TPSA) is 111 Å². The second-order valence-electron chi connectivity index (χ2n) is 10.6. The smallest absolute Gasteiger partial charge is 0.277 e. The van der Waals surface area contributed by atoms with Crippen molar-refractivity contribution in [1.82, 2.24) is 20.1 Å². The molecule has 2 heterocycles. The zero-order chi connectivity index (χ0) is 29.4. The number of nitrogens with zero attached hydrogens (tertiary/aromatic N) is 4. The van der Waals surface area contributed by atoms with E-state index in [4.69, 9.17) is 4.42 Å². The van der Waals surface area contributed by atoms with Gasteiger partial charge in [0.15, 0.2) is 11.6 Å². The molecule has 41 heavy (non-hydrogen) atoms. The van der Waals surface area contributed by atoms with Gasteiger partial charge in [0.05, 0.1) is 11.4 Å². The van der Waals surface area contributed by atoms with Gasteiger partial charge in [-0.15, -0.1) is 0 Å². The van der Waals surface area contributed by atoms with E-state index in [1.807, 2.05) is 19.1 Å². The lowest BCUT2D eigenvalue weighted by Crippen LogP contribution is -2.46. The number of rotatable bonds is 12. The molecule has 1 saturated heterocycles. The standard InChI is InChI=1S/C31H42N6O4/c1-5-7-9-25(6-2)36-16-18-37(19-17-36)28-13-12-24(29(39)32-14-8-15-35(4)22(3)38)20-26(28)33-30(40)27-21-41-31(34-27)23-10-11-23/h5,7,9,12-13,20-21,23H,6,8,10-11,14-19H2,1-4H3,(H,32,39)(H,33,40)/b7-5-,25-9+. The molecule has 1 aliphatic heterocycles. The molecule has 1 saturated carbocycles. The van der Waals surface area contributed by atoms with Crippen LogP contribution in [0.1, 0.15) is 79.1 Å². The number of carbonyl (C=O) groups excluding carboxylic acids is 3. The van der Waals surface area contributed by atoms with E-state index in [0.717, 1.165) is 51.1 Å². The van der Waals surface area contributed by atoms with Crippen LogP contribution in [0.4, 0.5) is 11.4 Å². The second kappa shape index (κ2) is 14.0. The van der Waals surface area contributed by atoms with Gasteiger partial charge in [-0.2, -0.15) is 0 Å². The highest BCUT2D eigenvalue weighted by molar-refractivity contribution is 6.06. The van der Waals surface area contributed by atoms with E-state index in [1.54, 1.807) is 24.1 Å². The molecule has 1 aliphatic carbocycles. The summed E-state index contributed by atoms with van der Waals surface area (Å²) in [6.07, 6.45) is 11.3. The first-order chi connectivity index (χ1) is 19.8. The molecule has 0 radical (unpaired) electrons. The van der Waals surface area contributed by atoms with Crippen LogP contribution in [0.15, 0.2) is 52.8 Å². The number of nitrogens with one attached hydrogen (secondary N) is 2. The van der Waals surface area contributed by atoms with Crippen molar-refractivity contribution in [2.24, 2.45) is 0 Å². The van der Waals surface area contributed by atoms with Gasteiger partial charge < -0.3 is 29.8 Å². The maximum atomic E-state index is 13.2. The number of oxazole rings is 1. The number of hydrogen-bond acceptors (Lipinski definition) is 7. The average molecular weight is 563 g/mol. The Labute approximate surface area is 242 Å². The lowest BCUT2D eigenvalue weighted by atomic mass is 10.1. The Morgan fingerprint density at radius 2 is 1.90 bits per heavy atom. The molecule has 220 valence electrons. The molecule has 0 bridgehead atoms. The summed E-state index contributed by atoms with van der Waals surface area (Å²) in [5.74, 6) is 0.298. The van der Waals surface area contributed by atoms with Crippen LogP contribution in [0.25, 0.3) is 0 Å². The summed E-state index contributed by atoms with van der Waals surface area (Å²) < 4.78 is 5.53. The number of aromatic nitrogens is 1. The quantitative estimate of drug-likeness (QED) is 0.292. The van der Waals surface area contributed by atoms with Gasteiger partial charge in [-0.1, -0.05) is 19.1 Å². The molecule has 4 rings (SSSR count). The van der Waals surface area contributed by atoms with Crippen molar-refractivity contribution >= 4 is 29.1 Å². The summed E-state index contributed by atoms with van der Waals surface area (Å²) in [6.45, 7) is 9.97. The number of benzene rings is 1. The summed E-state index contributed by atoms with van der Waals surface area (Å²) in [7, 11) is 1.74. The number of piperazine rings is 1. The zero-order valence-corrected chi connectivity index (χ0v) is 24.6. The summed E-state index contributed by atoms with van der Waals surface area (Å²) in [5.41, 5.74) is 3.40. The van der Waals surface area contributed by atoms with Gasteiger partial charge in [-0.25, -0.2) is 4.98 Å². The van der Waals surface area contributed by atoms with Crippen LogP contribution in [0.2, 0.25) is 0 Å². The summed E-state index contributed by atoms with van der Waals surface area (Å²) in [4.78, 5) is 48.2. The third-order valence-corrected chi connectivity index (χ3v) is 7.55. The van der Waals surface area contributed by atoms with Gasteiger partial charge in [-0.3, -0.25) is 14.4 Å². The van der Waals surface area contributed by atoms with Crippen molar-refractivity contribution in [3.05, 3.63) is 65.5 Å². The molecule has 2 N–H and O–H groups in total. The van der Waals surface area contributed by atoms with Gasteiger partial charge >= 0.3 is 0 Å². The Bertz CT molecular complexity index is 1290. The normalized spacial score (nSPS) is 15.8. The van der Waals surface area contributed by atoms with Gasteiger partial charge in [-0.05, 0) is 56.9 Å². The van der Waals surface area contributed by atoms with Crippen LogP contribution in [0.5, 0.6) is 0 Å². The van der Waals surface area contributed by atoms with Gasteiger partial charge in [0.25, 0.3) is 11.8 Å². The maximum absolute atomic E-state index is 13.2. The molecule has 0 unspecified atom stereocenters. The van der Waals surface area contributed by atoms with E-state index in [9.17, 15) is 14.4 Å². The molecule has 1 aromatic heterocycles. The largest absolute Gasteiger partial charge is 0.448 e.